The summed E-state index contributed by atoms with van der Waals surface area (Å²) in [5, 5.41) is 3.42. The van der Waals surface area contributed by atoms with Gasteiger partial charge >= 0.3 is 0 Å². The number of nitrogens with one attached hydrogen (secondary N) is 1. The molecular weight excluding hydrogens is 331 g/mol. The Kier molecular flexibility index (Phi) is 4.41. The van der Waals surface area contributed by atoms with Gasteiger partial charge in [0.2, 0.25) is 0 Å². The minimum atomic E-state index is -0.262. The van der Waals surface area contributed by atoms with E-state index in [0.29, 0.717) is 29.7 Å². The van der Waals surface area contributed by atoms with Crippen LogP contribution >= 0.6 is 0 Å². The summed E-state index contributed by atoms with van der Waals surface area (Å²) in [6.45, 7) is 4.35. The first kappa shape index (κ1) is 17.0. The quantitative estimate of drug-likeness (QED) is 0.921. The summed E-state index contributed by atoms with van der Waals surface area (Å²) in [6, 6.07) is 12.1. The van der Waals surface area contributed by atoms with Gasteiger partial charge in [0.1, 0.15) is 11.6 Å². The molecule has 0 aromatic heterocycles. The summed E-state index contributed by atoms with van der Waals surface area (Å²) in [6.07, 6.45) is 0. The van der Waals surface area contributed by atoms with Crippen molar-refractivity contribution in [2.75, 3.05) is 26.7 Å². The van der Waals surface area contributed by atoms with Crippen LogP contribution in [-0.4, -0.2) is 37.6 Å². The van der Waals surface area contributed by atoms with Gasteiger partial charge in [0.25, 0.3) is 5.91 Å². The van der Waals surface area contributed by atoms with E-state index in [9.17, 15) is 9.18 Å². The molecule has 2 aromatic carbocycles. The van der Waals surface area contributed by atoms with Crippen LogP contribution in [0.15, 0.2) is 42.5 Å². The summed E-state index contributed by atoms with van der Waals surface area (Å²) in [5.74, 6) is 1.15. The number of ether oxygens (including phenoxy) is 1. The van der Waals surface area contributed by atoms with E-state index >= 15 is 0 Å². The summed E-state index contributed by atoms with van der Waals surface area (Å²) in [5.41, 5.74) is 2.36. The minimum Gasteiger partial charge on any atom is -0.496 e. The molecule has 1 amide bonds. The van der Waals surface area contributed by atoms with Crippen molar-refractivity contribution in [3.63, 3.8) is 0 Å². The topological polar surface area (TPSA) is 41.6 Å². The van der Waals surface area contributed by atoms with Gasteiger partial charge in [-0.05, 0) is 42.7 Å². The molecular formula is C21H23FN2O2. The van der Waals surface area contributed by atoms with Crippen molar-refractivity contribution in [1.29, 1.82) is 0 Å². The number of benzene rings is 2. The zero-order chi connectivity index (χ0) is 18.3. The Bertz CT molecular complexity index is 839. The SMILES string of the molecule is COc1cccc(C(=O)N2C[C@@H]3CNC[C@@H]3[C@H]2c2cccc(F)c2)c1C. The number of fused-ring (bicyclic) bond motifs is 1. The van der Waals surface area contributed by atoms with Crippen molar-refractivity contribution < 1.29 is 13.9 Å². The zero-order valence-electron chi connectivity index (χ0n) is 15.0. The first-order valence-corrected chi connectivity index (χ1v) is 9.01. The van der Waals surface area contributed by atoms with Crippen molar-refractivity contribution in [1.82, 2.24) is 10.2 Å². The second kappa shape index (κ2) is 6.72. The first-order valence-electron chi connectivity index (χ1n) is 9.01. The van der Waals surface area contributed by atoms with E-state index in [4.69, 9.17) is 4.74 Å². The van der Waals surface area contributed by atoms with Gasteiger partial charge < -0.3 is 15.0 Å². The number of halogens is 1. The predicted octanol–water partition coefficient (Wildman–Crippen LogP) is 3.18. The number of nitrogens with zero attached hydrogens (tertiary/aromatic N) is 1. The third-order valence-corrected chi connectivity index (χ3v) is 5.75. The zero-order valence-corrected chi connectivity index (χ0v) is 15.0. The van der Waals surface area contributed by atoms with Crippen LogP contribution in [0.1, 0.15) is 27.5 Å². The third-order valence-electron chi connectivity index (χ3n) is 5.75. The third kappa shape index (κ3) is 2.76. The van der Waals surface area contributed by atoms with E-state index in [1.807, 2.05) is 36.1 Å². The minimum absolute atomic E-state index is 0.00920. The maximum atomic E-state index is 13.8. The fourth-order valence-corrected chi connectivity index (χ4v) is 4.47. The van der Waals surface area contributed by atoms with Gasteiger partial charge in [-0.2, -0.15) is 0 Å². The molecule has 136 valence electrons. The fraction of sp³-hybridized carbons (Fsp3) is 0.381. The second-order valence-corrected chi connectivity index (χ2v) is 7.17. The highest BCUT2D eigenvalue weighted by molar-refractivity contribution is 5.96. The summed E-state index contributed by atoms with van der Waals surface area (Å²) >= 11 is 0. The van der Waals surface area contributed by atoms with E-state index in [1.165, 1.54) is 6.07 Å². The lowest BCUT2D eigenvalue weighted by atomic mass is 9.89. The smallest absolute Gasteiger partial charge is 0.254 e. The number of methoxy groups -OCH3 is 1. The molecule has 2 heterocycles. The lowest BCUT2D eigenvalue weighted by molar-refractivity contribution is 0.0712. The molecule has 1 N–H and O–H groups in total. The highest BCUT2D eigenvalue weighted by Crippen LogP contribution is 2.43. The van der Waals surface area contributed by atoms with Crippen LogP contribution in [0.3, 0.4) is 0 Å². The summed E-state index contributed by atoms with van der Waals surface area (Å²) < 4.78 is 19.2. The van der Waals surface area contributed by atoms with Crippen molar-refractivity contribution >= 4 is 5.91 Å². The highest BCUT2D eigenvalue weighted by Gasteiger charge is 2.47. The molecule has 2 aliphatic rings. The Morgan fingerprint density at radius 2 is 2.04 bits per heavy atom. The van der Waals surface area contributed by atoms with Crippen LogP contribution in [0.4, 0.5) is 4.39 Å². The molecule has 0 radical (unpaired) electrons. The monoisotopic (exact) mass is 354 g/mol. The predicted molar refractivity (Wildman–Crippen MR) is 97.8 cm³/mol. The molecule has 0 spiro atoms. The van der Waals surface area contributed by atoms with E-state index in [0.717, 1.165) is 24.2 Å². The molecule has 3 atom stereocenters. The van der Waals surface area contributed by atoms with E-state index in [-0.39, 0.29) is 17.8 Å². The average Bonchev–Trinajstić information content (AvgIpc) is 3.22. The van der Waals surface area contributed by atoms with Crippen molar-refractivity contribution in [3.8, 4) is 5.75 Å². The summed E-state index contributed by atoms with van der Waals surface area (Å²) in [7, 11) is 1.61. The normalized spacial score (nSPS) is 24.6. The molecule has 5 heteroatoms. The highest BCUT2D eigenvalue weighted by atomic mass is 19.1. The number of carbonyl (C=O) groups is 1. The van der Waals surface area contributed by atoms with Crippen molar-refractivity contribution in [2.24, 2.45) is 11.8 Å². The molecule has 0 unspecified atom stereocenters. The Hall–Kier alpha value is -2.40. The summed E-state index contributed by atoms with van der Waals surface area (Å²) in [4.78, 5) is 15.3. The number of carbonyl (C=O) groups excluding carboxylic acids is 1. The number of hydrogen-bond donors (Lipinski definition) is 1. The molecule has 4 rings (SSSR count). The number of likely N-dealkylation sites (tertiary alicyclic amines) is 1. The maximum Gasteiger partial charge on any atom is 0.254 e. The lowest BCUT2D eigenvalue weighted by Crippen LogP contribution is -2.35. The van der Waals surface area contributed by atoms with Crippen LogP contribution in [0.2, 0.25) is 0 Å². The Morgan fingerprint density at radius 1 is 1.23 bits per heavy atom. The van der Waals surface area contributed by atoms with Gasteiger partial charge in [0.15, 0.2) is 0 Å². The standard InChI is InChI=1S/C21H23FN2O2/c1-13-17(7-4-8-19(13)26-2)21(25)24-12-15-10-23-11-18(15)20(24)14-5-3-6-16(22)9-14/h3-9,15,18,20,23H,10-12H2,1-2H3/t15-,18-,20+/m0/s1. The molecule has 2 saturated heterocycles. The fourth-order valence-electron chi connectivity index (χ4n) is 4.47. The molecule has 0 aliphatic carbocycles. The van der Waals surface area contributed by atoms with E-state index in [1.54, 1.807) is 19.2 Å². The Morgan fingerprint density at radius 3 is 2.81 bits per heavy atom. The molecule has 4 nitrogen and oxygen atoms in total. The van der Waals surface area contributed by atoms with Crippen LogP contribution < -0.4 is 10.1 Å². The lowest BCUT2D eigenvalue weighted by Gasteiger charge is -2.29. The van der Waals surface area contributed by atoms with Crippen molar-refractivity contribution in [3.05, 3.63) is 65.0 Å². The van der Waals surface area contributed by atoms with Gasteiger partial charge in [0.05, 0.1) is 13.2 Å². The average molecular weight is 354 g/mol. The van der Waals surface area contributed by atoms with Crippen LogP contribution in [0, 0.1) is 24.6 Å². The van der Waals surface area contributed by atoms with E-state index < -0.39 is 0 Å². The van der Waals surface area contributed by atoms with E-state index in [2.05, 4.69) is 5.32 Å². The van der Waals surface area contributed by atoms with Gasteiger partial charge in [0, 0.05) is 36.7 Å². The van der Waals surface area contributed by atoms with Gasteiger partial charge in [-0.25, -0.2) is 4.39 Å². The van der Waals surface area contributed by atoms with Gasteiger partial charge in [-0.15, -0.1) is 0 Å². The molecule has 0 bridgehead atoms. The maximum absolute atomic E-state index is 13.8. The molecule has 2 aliphatic heterocycles. The number of hydrogen-bond acceptors (Lipinski definition) is 3. The Labute approximate surface area is 153 Å². The van der Waals surface area contributed by atoms with Crippen LogP contribution in [0.5, 0.6) is 5.75 Å². The molecule has 26 heavy (non-hydrogen) atoms. The first-order chi connectivity index (χ1) is 12.6. The van der Waals surface area contributed by atoms with Crippen LogP contribution in [-0.2, 0) is 0 Å². The van der Waals surface area contributed by atoms with Gasteiger partial charge in [-0.3, -0.25) is 4.79 Å². The number of rotatable bonds is 3. The molecule has 2 fully saturated rings. The van der Waals surface area contributed by atoms with Crippen LogP contribution in [0.25, 0.3) is 0 Å². The van der Waals surface area contributed by atoms with Crippen molar-refractivity contribution in [2.45, 2.75) is 13.0 Å². The Balaban J connectivity index is 1.73. The van der Waals surface area contributed by atoms with Gasteiger partial charge in [-0.1, -0.05) is 18.2 Å². The molecule has 0 saturated carbocycles. The largest absolute Gasteiger partial charge is 0.496 e. The number of amides is 1. The second-order valence-electron chi connectivity index (χ2n) is 7.17. The molecule has 2 aromatic rings.